The molecule has 9 atom stereocenters. The molecule has 5 aliphatic rings. The van der Waals surface area contributed by atoms with E-state index in [0.29, 0.717) is 33.5 Å². The number of anilines is 2. The van der Waals surface area contributed by atoms with Gasteiger partial charge in [-0.15, -0.1) is 36.2 Å². The van der Waals surface area contributed by atoms with Crippen LogP contribution in [-0.4, -0.2) is 262 Å². The summed E-state index contributed by atoms with van der Waals surface area (Å²) in [7, 11) is -12.5. The van der Waals surface area contributed by atoms with Crippen molar-refractivity contribution >= 4 is 104 Å². The Morgan fingerprint density at radius 3 is 1.65 bits per heavy atom. The predicted octanol–water partition coefficient (Wildman–Crippen LogP) is -0.265. The first-order valence-electron chi connectivity index (χ1n) is 43.1. The van der Waals surface area contributed by atoms with Crippen molar-refractivity contribution in [2.75, 3.05) is 97.4 Å². The van der Waals surface area contributed by atoms with Gasteiger partial charge in [0.05, 0.1) is 133 Å². The number of nitrogens with one attached hydrogen (secondary N) is 4. The van der Waals surface area contributed by atoms with Gasteiger partial charge in [-0.2, -0.15) is 0 Å². The van der Waals surface area contributed by atoms with Crippen molar-refractivity contribution in [2.45, 2.75) is 137 Å². The van der Waals surface area contributed by atoms with E-state index in [9.17, 15) is 87.2 Å². The van der Waals surface area contributed by atoms with Crippen molar-refractivity contribution < 1.29 is 202 Å². The summed E-state index contributed by atoms with van der Waals surface area (Å²) < 4.78 is 198. The maximum Gasteiger partial charge on any atom is 1.00 e. The first-order valence-corrected chi connectivity index (χ1v) is 50.8. The smallest absolute Gasteiger partial charge is 0.746 e. The molecule has 0 bridgehead atoms. The van der Waals surface area contributed by atoms with Crippen LogP contribution in [-0.2, 0) is 125 Å². The van der Waals surface area contributed by atoms with Crippen LogP contribution in [0.3, 0.4) is 0 Å². The maximum atomic E-state index is 14.5. The van der Waals surface area contributed by atoms with E-state index in [0.717, 1.165) is 38.6 Å². The van der Waals surface area contributed by atoms with Gasteiger partial charge in [0.15, 0.2) is 50.1 Å². The van der Waals surface area contributed by atoms with Gasteiger partial charge in [-0.1, -0.05) is 35.0 Å². The van der Waals surface area contributed by atoms with Gasteiger partial charge < -0.3 is 116 Å². The number of amides is 4. The molecular weight excluding hydrogens is 1950 g/mol. The molecule has 5 unspecified atom stereocenters. The van der Waals surface area contributed by atoms with Crippen LogP contribution in [0.15, 0.2) is 167 Å². The average molecular weight is 2050 g/mol. The van der Waals surface area contributed by atoms with Crippen LogP contribution in [0.25, 0.3) is 0 Å². The Hall–Kier alpha value is -9.81. The van der Waals surface area contributed by atoms with E-state index < -0.39 is 136 Å². The zero-order chi connectivity index (χ0) is 97.4. The fraction of sp³-hybridized carbons (Fsp3) is 0.374. The summed E-state index contributed by atoms with van der Waals surface area (Å²) in [6.45, 7) is 2.50. The van der Waals surface area contributed by atoms with Gasteiger partial charge in [0.25, 0.3) is 23.6 Å². The number of carbonyl (C=O) groups is 5. The van der Waals surface area contributed by atoms with Gasteiger partial charge in [0, 0.05) is 95.1 Å². The molecule has 1 saturated heterocycles. The molecule has 3 aromatic heterocycles. The number of methoxy groups -OCH3 is 2. The minimum absolute atomic E-state index is 0. The molecule has 0 saturated carbocycles. The number of aliphatic hydroxyl groups excluding tert-OH is 4. The number of aliphatic hydroxyl groups is 4. The Balaban J connectivity index is 0.00000814. The van der Waals surface area contributed by atoms with Crippen molar-refractivity contribution in [1.82, 2.24) is 35.4 Å². The zero-order valence-corrected chi connectivity index (χ0v) is 85.4. The van der Waals surface area contributed by atoms with Crippen LogP contribution in [0.5, 0.6) is 40.2 Å². The van der Waals surface area contributed by atoms with Crippen LogP contribution in [0.1, 0.15) is 113 Å². The molecule has 139 heavy (non-hydrogen) atoms. The number of hydrogen-bond acceptors (Lipinski definition) is 36. The van der Waals surface area contributed by atoms with E-state index in [4.69, 9.17) is 51.0 Å². The number of benzene rings is 7. The summed E-state index contributed by atoms with van der Waals surface area (Å²) in [4.78, 5) is 72.8. The Labute approximate surface area is 853 Å². The Morgan fingerprint density at radius 1 is 0.568 bits per heavy atom. The first-order chi connectivity index (χ1) is 65.4. The minimum Gasteiger partial charge on any atom is -0.746 e. The number of quaternary nitrogens is 1. The fourth-order valence-electron chi connectivity index (χ4n) is 16.5. The average Bonchev–Trinajstić information content (AvgIpc) is 1.61. The van der Waals surface area contributed by atoms with Crippen molar-refractivity contribution in [3.8, 4) is 40.2 Å². The van der Waals surface area contributed by atoms with Crippen LogP contribution in [0, 0.1) is 6.92 Å². The number of ether oxygens (including phenoxy) is 9. The number of Topliss-reactive ketones (excluding diaryl/α,β-unsaturated/α-hetero) is 1. The molecule has 1 fully saturated rings. The second kappa shape index (κ2) is 46.1. The number of carbonyl (C=O) groups excluding carboxylic acids is 5. The molecule has 8 N–H and O–H groups in total. The minimum atomic E-state index is -5.18. The van der Waals surface area contributed by atoms with Gasteiger partial charge >= 0.3 is 69.5 Å². The Kier molecular flexibility index (Phi) is 35.3. The molecule has 0 spiro atoms. The van der Waals surface area contributed by atoms with E-state index in [1.807, 2.05) is 56.0 Å². The molecule has 5 aliphatic heterocycles. The summed E-state index contributed by atoms with van der Waals surface area (Å²) >= 11 is 2.80. The third-order valence-corrected chi connectivity index (χ3v) is 30.0. The number of fused-ring (bicyclic) bond motifs is 6. The number of aromatic nitrogens is 3. The van der Waals surface area contributed by atoms with Crippen molar-refractivity contribution in [3.63, 3.8) is 0 Å². The monoisotopic (exact) mass is 2050 g/mol. The van der Waals surface area contributed by atoms with E-state index in [2.05, 4.69) is 31.6 Å². The third-order valence-electron chi connectivity index (χ3n) is 23.4. The molecule has 0 aliphatic carbocycles. The summed E-state index contributed by atoms with van der Waals surface area (Å²) in [5, 5.41) is 61.5. The quantitative estimate of drug-likeness (QED) is 0.00803. The van der Waals surface area contributed by atoms with E-state index in [-0.39, 0.29) is 260 Å². The van der Waals surface area contributed by atoms with Gasteiger partial charge in [-0.25, -0.2) is 29.9 Å². The van der Waals surface area contributed by atoms with Gasteiger partial charge in [-0.05, 0) is 149 Å². The second-order valence-corrected chi connectivity index (χ2v) is 41.9. The summed E-state index contributed by atoms with van der Waals surface area (Å²) in [6, 6.07) is 34.4. The van der Waals surface area contributed by atoms with Crippen LogP contribution < -0.4 is 112 Å². The second-order valence-electron chi connectivity index (χ2n) is 33.7. The third kappa shape index (κ3) is 26.4. The molecule has 0 radical (unpaired) electrons. The number of rotatable bonds is 42. The van der Waals surface area contributed by atoms with Crippen LogP contribution >= 0.6 is 22.7 Å². The largest absolute Gasteiger partial charge is 1.00 e. The summed E-state index contributed by atoms with van der Waals surface area (Å²) in [6.07, 6.45) is -7.27. The maximum absolute atomic E-state index is 14.5. The SMILES string of the molecule is COc1cc2c(cc1OCc1cc(COc3cc4c(cc3OC)C(=O)N3Cc5ccsc5CC3C(S(=O)(=O)[O-])N4)cc(C[N+](C)(C)Cc3ccc(OS(=O)(=O)Oc4cc(C(=O)NCCOCCn5cc(COCCOCCNC(=O)c6ccc(C(=O)CCS(=O)(=O)c7ccc(C)cc7)cc6)nn5)ccc4OC4O[C@H](CO)[C@H](O)[C@H](O)[C@H]4O)cc3)c1)NC(S(=O)(=O)[O-])C1Cc3sccc3CN1C2=O.[Na+].[Na+]. The summed E-state index contributed by atoms with van der Waals surface area (Å²) in [5.41, 5.74) is 6.05. The summed E-state index contributed by atoms with van der Waals surface area (Å²) in [5.74, 6) is -3.98. The predicted molar refractivity (Wildman–Crippen MR) is 490 cm³/mol. The van der Waals surface area contributed by atoms with Crippen molar-refractivity contribution in [3.05, 3.63) is 245 Å². The number of nitrogens with zero attached hydrogens (tertiary/aromatic N) is 6. The molecular formula is C91H99N10Na2O30S6+. The molecule has 4 amide bonds. The van der Waals surface area contributed by atoms with Gasteiger partial charge in [0.1, 0.15) is 93.1 Å². The molecule has 10 aromatic rings. The zero-order valence-electron chi connectivity index (χ0n) is 76.5. The number of aryl methyl sites for hydroxylation is 1. The molecule has 48 heteroatoms. The van der Waals surface area contributed by atoms with Crippen LogP contribution in [0.4, 0.5) is 11.4 Å². The van der Waals surface area contributed by atoms with Gasteiger partial charge in [0.2, 0.25) is 6.29 Å². The van der Waals surface area contributed by atoms with Crippen molar-refractivity contribution in [1.29, 1.82) is 0 Å². The number of thiophene rings is 2. The van der Waals surface area contributed by atoms with E-state index >= 15 is 0 Å². The molecule has 730 valence electrons. The van der Waals surface area contributed by atoms with E-state index in [1.54, 1.807) is 36.5 Å². The first kappa shape index (κ1) is 106. The number of ketones is 1. The molecule has 8 heterocycles. The van der Waals surface area contributed by atoms with Crippen molar-refractivity contribution in [2.24, 2.45) is 0 Å². The Morgan fingerprint density at radius 2 is 1.09 bits per heavy atom. The number of sulfone groups is 1. The fourth-order valence-corrected chi connectivity index (χ4v) is 22.2. The number of hydrogen-bond donors (Lipinski definition) is 8. The molecule has 7 aromatic carbocycles. The van der Waals surface area contributed by atoms with Gasteiger partial charge in [-0.3, -0.25) is 24.0 Å². The van der Waals surface area contributed by atoms with E-state index in [1.165, 1.54) is 130 Å². The Bertz CT molecular complexity index is 6410. The standard InChI is InChI=1S/C91H100N10O30S6.2Na/c1-53-6-17-65(18-7-53)134(111,112)33-22-72(103)58-10-12-59(13-11-58)85(107)92-24-27-124-29-30-125-52-63-46-98(97-96-63)25-28-123-26-23-93-86(108)60-14-19-73(128-91-84(106)83(105)82(104)79(49-102)129-91)78(37-60)131-137(119,120)130-64-15-8-54(9-16-64)47-101(2,3)48-55-34-56(50-126-76-40-68-66(38-74(76)121-4)89(109)99-44-61-20-31-132-80(61)42-70(99)87(94-68)135(113,114)115)36-57(35-55)51-127-77-41-69-67(39-75(77)122-5)90(110)100-45-62-21-32-133-81(62)43-71(100)88(95-69)136(116,117)118;;/h6-21,31-32,34-41,46,70-71,79,82-84,87-88,91,102,104-106H,22-30,33,42-45,47-52H2,1-5H3,(H5-,92,93,94,95,107,108,109,110,113,114,115,116,117,118);;/q;2*+1/p-1/t70?,71?,79-,82+,83+,84-,87?,88?,91?;;/m1../s1. The topological polar surface area (TPSA) is 536 Å². The normalized spacial score (nSPS) is 19.0. The molecule has 15 rings (SSSR count). The van der Waals surface area contributed by atoms with Crippen LogP contribution in [0.2, 0.25) is 0 Å². The molecule has 40 nitrogen and oxygen atoms in total.